The topological polar surface area (TPSA) is 59.0 Å². The van der Waals surface area contributed by atoms with Gasteiger partial charge < -0.3 is 10.5 Å². The van der Waals surface area contributed by atoms with Crippen molar-refractivity contribution in [3.05, 3.63) is 23.8 Å². The normalized spacial score (nSPS) is 8.29. The van der Waals surface area contributed by atoms with Crippen LogP contribution in [0.5, 0.6) is 5.75 Å². The lowest BCUT2D eigenvalue weighted by Crippen LogP contribution is -1.91. The van der Waals surface area contributed by atoms with Crippen molar-refractivity contribution >= 4 is 5.69 Å². The lowest BCUT2D eigenvalue weighted by molar-refractivity contribution is 0.415. The van der Waals surface area contributed by atoms with Gasteiger partial charge in [0.05, 0.1) is 25.2 Å². The molecule has 0 bridgehead atoms. The lowest BCUT2D eigenvalue weighted by Gasteiger charge is -2.02. The highest BCUT2D eigenvalue weighted by Gasteiger charge is 1.97. The van der Waals surface area contributed by atoms with Crippen molar-refractivity contribution in [3.63, 3.8) is 0 Å². The maximum Gasteiger partial charge on any atom is 0.120 e. The van der Waals surface area contributed by atoms with Gasteiger partial charge in [0.25, 0.3) is 0 Å². The van der Waals surface area contributed by atoms with Gasteiger partial charge >= 0.3 is 0 Å². The first-order chi connectivity index (χ1) is 6.77. The molecular formula is C11H10N2O. The van der Waals surface area contributed by atoms with E-state index in [2.05, 4.69) is 11.8 Å². The van der Waals surface area contributed by atoms with Gasteiger partial charge in [-0.3, -0.25) is 0 Å². The summed E-state index contributed by atoms with van der Waals surface area (Å²) in [5.41, 5.74) is 6.97. The molecule has 3 nitrogen and oxygen atoms in total. The zero-order valence-corrected chi connectivity index (χ0v) is 7.87. The molecule has 0 saturated carbocycles. The second kappa shape index (κ2) is 4.79. The van der Waals surface area contributed by atoms with Crippen LogP contribution < -0.4 is 10.5 Å². The lowest BCUT2D eigenvalue weighted by atomic mass is 10.1. The van der Waals surface area contributed by atoms with Crippen molar-refractivity contribution < 1.29 is 4.74 Å². The standard InChI is InChI=1S/C11H10N2O/c1-14-10-5-6-11(13)9(8-10)4-2-3-7-12/h5-6,8H,3,13H2,1H3. The maximum absolute atomic E-state index is 8.31. The summed E-state index contributed by atoms with van der Waals surface area (Å²) in [7, 11) is 1.58. The van der Waals surface area contributed by atoms with Gasteiger partial charge in [-0.05, 0) is 18.2 Å². The Bertz CT molecular complexity index is 421. The van der Waals surface area contributed by atoms with Gasteiger partial charge in [0.1, 0.15) is 5.75 Å². The molecule has 70 valence electrons. The molecule has 3 heteroatoms. The number of anilines is 1. The quantitative estimate of drug-likeness (QED) is 0.534. The number of nitrogens with two attached hydrogens (primary N) is 1. The number of methoxy groups -OCH3 is 1. The first-order valence-corrected chi connectivity index (χ1v) is 4.07. The Hall–Kier alpha value is -2.13. The van der Waals surface area contributed by atoms with E-state index in [1.165, 1.54) is 0 Å². The molecule has 1 rings (SSSR count). The minimum Gasteiger partial charge on any atom is -0.497 e. The summed E-state index contributed by atoms with van der Waals surface area (Å²) >= 11 is 0. The predicted octanol–water partition coefficient (Wildman–Crippen LogP) is 1.54. The van der Waals surface area contributed by atoms with Gasteiger partial charge in [0.15, 0.2) is 0 Å². The fourth-order valence-electron chi connectivity index (χ4n) is 0.950. The van der Waals surface area contributed by atoms with Crippen LogP contribution in [-0.4, -0.2) is 7.11 Å². The van der Waals surface area contributed by atoms with Crippen LogP contribution in [0.2, 0.25) is 0 Å². The van der Waals surface area contributed by atoms with E-state index in [1.54, 1.807) is 25.3 Å². The highest BCUT2D eigenvalue weighted by atomic mass is 16.5. The SMILES string of the molecule is COc1ccc(N)c(C#CCC#N)c1. The van der Waals surface area contributed by atoms with E-state index in [1.807, 2.05) is 6.07 Å². The number of nitriles is 1. The molecule has 0 aliphatic heterocycles. The summed E-state index contributed by atoms with van der Waals surface area (Å²) < 4.78 is 5.03. The summed E-state index contributed by atoms with van der Waals surface area (Å²) in [4.78, 5) is 0. The second-order valence-electron chi connectivity index (χ2n) is 2.59. The van der Waals surface area contributed by atoms with Gasteiger partial charge in [-0.25, -0.2) is 0 Å². The Morgan fingerprint density at radius 1 is 1.50 bits per heavy atom. The first kappa shape index (κ1) is 9.95. The fourth-order valence-corrected chi connectivity index (χ4v) is 0.950. The van der Waals surface area contributed by atoms with Crippen molar-refractivity contribution in [1.29, 1.82) is 5.26 Å². The average Bonchev–Trinajstić information content (AvgIpc) is 2.21. The van der Waals surface area contributed by atoms with Crippen LogP contribution in [0.1, 0.15) is 12.0 Å². The van der Waals surface area contributed by atoms with Gasteiger partial charge in [-0.15, -0.1) is 0 Å². The van der Waals surface area contributed by atoms with Gasteiger partial charge in [0, 0.05) is 5.69 Å². The Kier molecular flexibility index (Phi) is 3.41. The number of hydrogen-bond donors (Lipinski definition) is 1. The van der Waals surface area contributed by atoms with Crippen molar-refractivity contribution in [1.82, 2.24) is 0 Å². The number of nitrogen functional groups attached to an aromatic ring is 1. The molecule has 1 aromatic carbocycles. The summed E-state index contributed by atoms with van der Waals surface area (Å²) in [6, 6.07) is 7.19. The van der Waals surface area contributed by atoms with Crippen molar-refractivity contribution in [2.24, 2.45) is 0 Å². The van der Waals surface area contributed by atoms with Gasteiger partial charge in [-0.2, -0.15) is 5.26 Å². The molecule has 0 aliphatic carbocycles. The van der Waals surface area contributed by atoms with Crippen molar-refractivity contribution in [3.8, 4) is 23.7 Å². The molecule has 0 amide bonds. The monoisotopic (exact) mass is 186 g/mol. The largest absolute Gasteiger partial charge is 0.497 e. The molecule has 0 radical (unpaired) electrons. The van der Waals surface area contributed by atoms with Crippen LogP contribution in [0.25, 0.3) is 0 Å². The molecular weight excluding hydrogens is 176 g/mol. The Morgan fingerprint density at radius 2 is 2.29 bits per heavy atom. The Balaban J connectivity index is 2.98. The summed E-state index contributed by atoms with van der Waals surface area (Å²) in [6.07, 6.45) is 0.205. The van der Waals surface area contributed by atoms with Crippen molar-refractivity contribution in [2.75, 3.05) is 12.8 Å². The number of benzene rings is 1. The third-order valence-electron chi connectivity index (χ3n) is 1.65. The zero-order valence-electron chi connectivity index (χ0n) is 7.87. The number of ether oxygens (including phenoxy) is 1. The number of hydrogen-bond acceptors (Lipinski definition) is 3. The van der Waals surface area contributed by atoms with Crippen LogP contribution in [0.3, 0.4) is 0 Å². The molecule has 14 heavy (non-hydrogen) atoms. The van der Waals surface area contributed by atoms with Crippen molar-refractivity contribution in [2.45, 2.75) is 6.42 Å². The molecule has 0 spiro atoms. The summed E-state index contributed by atoms with van der Waals surface area (Å²) in [6.45, 7) is 0. The second-order valence-corrected chi connectivity index (χ2v) is 2.59. The molecule has 0 atom stereocenters. The molecule has 1 aromatic rings. The van der Waals surface area contributed by atoms with E-state index >= 15 is 0 Å². The van der Waals surface area contributed by atoms with E-state index < -0.39 is 0 Å². The molecule has 0 unspecified atom stereocenters. The highest BCUT2D eigenvalue weighted by Crippen LogP contribution is 2.18. The van der Waals surface area contributed by atoms with Crippen LogP contribution in [-0.2, 0) is 0 Å². The van der Waals surface area contributed by atoms with Crippen LogP contribution in [0.4, 0.5) is 5.69 Å². The van der Waals surface area contributed by atoms with E-state index in [0.29, 0.717) is 17.0 Å². The van der Waals surface area contributed by atoms with Gasteiger partial charge in [0.2, 0.25) is 0 Å². The van der Waals surface area contributed by atoms with Crippen LogP contribution in [0.15, 0.2) is 18.2 Å². The number of rotatable bonds is 1. The molecule has 2 N–H and O–H groups in total. The maximum atomic E-state index is 8.31. The minimum atomic E-state index is 0.205. The third-order valence-corrected chi connectivity index (χ3v) is 1.65. The number of nitrogens with zero attached hydrogens (tertiary/aromatic N) is 1. The smallest absolute Gasteiger partial charge is 0.120 e. The fraction of sp³-hybridized carbons (Fsp3) is 0.182. The summed E-state index contributed by atoms with van der Waals surface area (Å²) in [5, 5.41) is 8.31. The molecule has 0 aliphatic rings. The molecule has 0 aromatic heterocycles. The van der Waals surface area contributed by atoms with E-state index in [4.69, 9.17) is 15.7 Å². The average molecular weight is 186 g/mol. The van der Waals surface area contributed by atoms with E-state index in [-0.39, 0.29) is 6.42 Å². The Morgan fingerprint density at radius 3 is 2.93 bits per heavy atom. The zero-order chi connectivity index (χ0) is 10.4. The Labute approximate surface area is 83.1 Å². The summed E-state index contributed by atoms with van der Waals surface area (Å²) in [5.74, 6) is 6.22. The third kappa shape index (κ3) is 2.43. The highest BCUT2D eigenvalue weighted by molar-refractivity contribution is 5.58. The van der Waals surface area contributed by atoms with E-state index in [0.717, 1.165) is 0 Å². The van der Waals surface area contributed by atoms with E-state index in [9.17, 15) is 0 Å². The molecule has 0 saturated heterocycles. The van der Waals surface area contributed by atoms with Gasteiger partial charge in [-0.1, -0.05) is 11.8 Å². The predicted molar refractivity (Wildman–Crippen MR) is 54.5 cm³/mol. The van der Waals surface area contributed by atoms with Crippen LogP contribution >= 0.6 is 0 Å². The first-order valence-electron chi connectivity index (χ1n) is 4.07. The molecule has 0 fully saturated rings. The minimum absolute atomic E-state index is 0.205. The van der Waals surface area contributed by atoms with Crippen LogP contribution in [0, 0.1) is 23.2 Å². The molecule has 0 heterocycles.